The molecule has 6 heteroatoms. The summed E-state index contributed by atoms with van der Waals surface area (Å²) in [7, 11) is 1.75. The Hall–Kier alpha value is -1.30. The number of hydrogen-bond acceptors (Lipinski definition) is 3. The summed E-state index contributed by atoms with van der Waals surface area (Å²) >= 11 is 0. The first-order valence-electron chi connectivity index (χ1n) is 9.92. The molecule has 0 saturated heterocycles. The summed E-state index contributed by atoms with van der Waals surface area (Å²) < 4.78 is 5.75. The van der Waals surface area contributed by atoms with Crippen LogP contribution in [0.25, 0.3) is 0 Å². The highest BCUT2D eigenvalue weighted by atomic mass is 16.5. The molecule has 1 rings (SSSR count). The van der Waals surface area contributed by atoms with Crippen LogP contribution in [-0.4, -0.2) is 50.8 Å². The number of carbonyl (C=O) groups excluding carboxylic acids is 1. The molecule has 1 amide bonds. The summed E-state index contributed by atoms with van der Waals surface area (Å²) in [6, 6.07) is 0.380. The number of aliphatic imine (C=N–C) groups is 1. The van der Waals surface area contributed by atoms with Gasteiger partial charge in [-0.05, 0) is 32.1 Å². The maximum absolute atomic E-state index is 12.0. The second kappa shape index (κ2) is 13.0. The predicted octanol–water partition coefficient (Wildman–Crippen LogP) is 2.44. The fourth-order valence-corrected chi connectivity index (χ4v) is 3.22. The molecule has 0 aliphatic heterocycles. The topological polar surface area (TPSA) is 74.8 Å². The molecule has 0 aromatic heterocycles. The zero-order chi connectivity index (χ0) is 18.5. The van der Waals surface area contributed by atoms with Crippen LogP contribution in [0.3, 0.4) is 0 Å². The number of rotatable bonds is 10. The number of nitrogens with zero attached hydrogens (tertiary/aromatic N) is 1. The van der Waals surface area contributed by atoms with E-state index >= 15 is 0 Å². The second-order valence-corrected chi connectivity index (χ2v) is 7.10. The fraction of sp³-hybridized carbons (Fsp3) is 0.895. The van der Waals surface area contributed by atoms with Gasteiger partial charge in [-0.1, -0.05) is 33.1 Å². The van der Waals surface area contributed by atoms with Crippen LogP contribution >= 0.6 is 0 Å². The average Bonchev–Trinajstić information content (AvgIpc) is 2.60. The Morgan fingerprint density at radius 1 is 1.16 bits per heavy atom. The minimum atomic E-state index is 0.131. The molecule has 1 atom stereocenters. The molecule has 1 unspecified atom stereocenters. The van der Waals surface area contributed by atoms with Crippen LogP contribution in [0.4, 0.5) is 0 Å². The predicted molar refractivity (Wildman–Crippen MR) is 104 cm³/mol. The minimum Gasteiger partial charge on any atom is -0.378 e. The van der Waals surface area contributed by atoms with Gasteiger partial charge in [0.05, 0.1) is 6.10 Å². The summed E-state index contributed by atoms with van der Waals surface area (Å²) in [5.74, 6) is 1.37. The summed E-state index contributed by atoms with van der Waals surface area (Å²) in [5, 5.41) is 9.64. The summed E-state index contributed by atoms with van der Waals surface area (Å²) in [6.07, 6.45) is 7.70. The number of nitrogens with one attached hydrogen (secondary N) is 3. The number of carbonyl (C=O) groups is 1. The van der Waals surface area contributed by atoms with Gasteiger partial charge in [0, 0.05) is 39.2 Å². The van der Waals surface area contributed by atoms with Crippen molar-refractivity contribution >= 4 is 11.9 Å². The van der Waals surface area contributed by atoms with Crippen LogP contribution in [0, 0.1) is 5.92 Å². The van der Waals surface area contributed by atoms with E-state index in [1.807, 2.05) is 6.92 Å². The Morgan fingerprint density at radius 2 is 1.84 bits per heavy atom. The van der Waals surface area contributed by atoms with Crippen LogP contribution in [-0.2, 0) is 9.53 Å². The Bertz CT molecular complexity index is 393. The van der Waals surface area contributed by atoms with Gasteiger partial charge in [0.1, 0.15) is 0 Å². The smallest absolute Gasteiger partial charge is 0.221 e. The average molecular weight is 355 g/mol. The molecule has 0 spiro atoms. The van der Waals surface area contributed by atoms with Crippen molar-refractivity contribution in [2.75, 3.05) is 26.7 Å². The van der Waals surface area contributed by atoms with Gasteiger partial charge in [-0.3, -0.25) is 9.79 Å². The van der Waals surface area contributed by atoms with Gasteiger partial charge in [0.15, 0.2) is 5.96 Å². The van der Waals surface area contributed by atoms with Crippen molar-refractivity contribution in [1.82, 2.24) is 16.0 Å². The van der Waals surface area contributed by atoms with E-state index in [9.17, 15) is 4.79 Å². The summed E-state index contributed by atoms with van der Waals surface area (Å²) in [5.41, 5.74) is 0. The molecule has 1 fully saturated rings. The molecule has 0 bridgehead atoms. The van der Waals surface area contributed by atoms with Gasteiger partial charge >= 0.3 is 0 Å². The molecule has 6 nitrogen and oxygen atoms in total. The monoisotopic (exact) mass is 354 g/mol. The highest BCUT2D eigenvalue weighted by Gasteiger charge is 2.15. The molecule has 1 aliphatic rings. The fourth-order valence-electron chi connectivity index (χ4n) is 3.22. The van der Waals surface area contributed by atoms with E-state index in [0.29, 0.717) is 24.9 Å². The van der Waals surface area contributed by atoms with E-state index in [4.69, 9.17) is 4.74 Å². The largest absolute Gasteiger partial charge is 0.378 e. The van der Waals surface area contributed by atoms with Crippen molar-refractivity contribution in [2.45, 2.75) is 77.9 Å². The third kappa shape index (κ3) is 9.68. The standard InChI is InChI=1S/C19H38N4O2/c1-5-25-17(15(2)3)11-13-21-19(20-4)22-14-12-18(24)23-16-9-7-6-8-10-16/h15-17H,5-14H2,1-4H3,(H,23,24)(H2,20,21,22). The second-order valence-electron chi connectivity index (χ2n) is 7.10. The zero-order valence-electron chi connectivity index (χ0n) is 16.6. The molecule has 0 aromatic carbocycles. The number of ether oxygens (including phenoxy) is 1. The highest BCUT2D eigenvalue weighted by molar-refractivity contribution is 5.81. The number of hydrogen-bond donors (Lipinski definition) is 3. The Balaban J connectivity index is 2.17. The maximum Gasteiger partial charge on any atom is 0.221 e. The molecule has 1 saturated carbocycles. The van der Waals surface area contributed by atoms with E-state index in [1.165, 1.54) is 19.3 Å². The first kappa shape index (κ1) is 21.7. The lowest BCUT2D eigenvalue weighted by Gasteiger charge is -2.23. The molecule has 0 radical (unpaired) electrons. The number of guanidine groups is 1. The molecule has 146 valence electrons. The number of amides is 1. The molecule has 25 heavy (non-hydrogen) atoms. The molecular formula is C19H38N4O2. The Morgan fingerprint density at radius 3 is 2.44 bits per heavy atom. The zero-order valence-corrected chi connectivity index (χ0v) is 16.6. The quantitative estimate of drug-likeness (QED) is 0.416. The molecule has 1 aliphatic carbocycles. The van der Waals surface area contributed by atoms with Crippen molar-refractivity contribution in [3.8, 4) is 0 Å². The van der Waals surface area contributed by atoms with Gasteiger partial charge in [-0.15, -0.1) is 0 Å². The Kier molecular flexibility index (Phi) is 11.3. The van der Waals surface area contributed by atoms with Crippen molar-refractivity contribution in [3.05, 3.63) is 0 Å². The summed E-state index contributed by atoms with van der Waals surface area (Å²) in [6.45, 7) is 8.53. The van der Waals surface area contributed by atoms with Crippen LogP contribution in [0.1, 0.15) is 65.7 Å². The van der Waals surface area contributed by atoms with Crippen LogP contribution < -0.4 is 16.0 Å². The van der Waals surface area contributed by atoms with Crippen molar-refractivity contribution < 1.29 is 9.53 Å². The molecule has 0 heterocycles. The van der Waals surface area contributed by atoms with Crippen LogP contribution in [0.2, 0.25) is 0 Å². The summed E-state index contributed by atoms with van der Waals surface area (Å²) in [4.78, 5) is 16.2. The molecular weight excluding hydrogens is 316 g/mol. The van der Waals surface area contributed by atoms with Crippen molar-refractivity contribution in [3.63, 3.8) is 0 Å². The lowest BCUT2D eigenvalue weighted by molar-refractivity contribution is -0.121. The minimum absolute atomic E-state index is 0.131. The highest BCUT2D eigenvalue weighted by Crippen LogP contribution is 2.17. The van der Waals surface area contributed by atoms with Gasteiger partial charge in [0.2, 0.25) is 5.91 Å². The molecule has 0 aromatic rings. The van der Waals surface area contributed by atoms with Crippen molar-refractivity contribution in [1.29, 1.82) is 0 Å². The SMILES string of the molecule is CCOC(CCNC(=NC)NCCC(=O)NC1CCCCC1)C(C)C. The van der Waals surface area contributed by atoms with Crippen LogP contribution in [0.5, 0.6) is 0 Å². The van der Waals surface area contributed by atoms with E-state index in [1.54, 1.807) is 7.05 Å². The first-order chi connectivity index (χ1) is 12.1. The van der Waals surface area contributed by atoms with Crippen molar-refractivity contribution in [2.24, 2.45) is 10.9 Å². The van der Waals surface area contributed by atoms with E-state index in [0.717, 1.165) is 38.4 Å². The normalized spacial score (nSPS) is 17.4. The van der Waals surface area contributed by atoms with E-state index in [-0.39, 0.29) is 12.0 Å². The maximum atomic E-state index is 12.0. The first-order valence-corrected chi connectivity index (χ1v) is 9.92. The third-order valence-corrected chi connectivity index (χ3v) is 4.68. The van der Waals surface area contributed by atoms with E-state index in [2.05, 4.69) is 34.8 Å². The van der Waals surface area contributed by atoms with E-state index < -0.39 is 0 Å². The molecule has 3 N–H and O–H groups in total. The third-order valence-electron chi connectivity index (χ3n) is 4.68. The van der Waals surface area contributed by atoms with Gasteiger partial charge in [-0.2, -0.15) is 0 Å². The lowest BCUT2D eigenvalue weighted by Crippen LogP contribution is -2.42. The van der Waals surface area contributed by atoms with Gasteiger partial charge < -0.3 is 20.7 Å². The lowest BCUT2D eigenvalue weighted by atomic mass is 9.95. The van der Waals surface area contributed by atoms with Gasteiger partial charge in [0.25, 0.3) is 0 Å². The van der Waals surface area contributed by atoms with Gasteiger partial charge in [-0.25, -0.2) is 0 Å². The Labute approximate surface area is 153 Å². The van der Waals surface area contributed by atoms with Crippen LogP contribution in [0.15, 0.2) is 4.99 Å².